The quantitative estimate of drug-likeness (QED) is 0.780. The second-order valence-electron chi connectivity index (χ2n) is 5.53. The lowest BCUT2D eigenvalue weighted by Gasteiger charge is -2.27. The van der Waals surface area contributed by atoms with Gasteiger partial charge in [0.25, 0.3) is 0 Å². The average Bonchev–Trinajstić information content (AvgIpc) is 2.49. The highest BCUT2D eigenvalue weighted by molar-refractivity contribution is 5.80. The minimum atomic E-state index is 0.0823. The van der Waals surface area contributed by atoms with E-state index in [9.17, 15) is 9.59 Å². The number of rotatable bonds is 4. The molecule has 1 atom stereocenters. The van der Waals surface area contributed by atoms with Gasteiger partial charge in [-0.05, 0) is 38.6 Å². The maximum Gasteiger partial charge on any atom is 0.224 e. The Bertz CT molecular complexity index is 278. The predicted octanol–water partition coefficient (Wildman–Crippen LogP) is 0.505. The Morgan fingerprint density at radius 2 is 1.95 bits per heavy atom. The van der Waals surface area contributed by atoms with Crippen molar-refractivity contribution in [3.05, 3.63) is 0 Å². The summed E-state index contributed by atoms with van der Waals surface area (Å²) in [4.78, 5) is 25.7. The lowest BCUT2D eigenvalue weighted by molar-refractivity contribution is -0.132. The van der Waals surface area contributed by atoms with E-state index in [-0.39, 0.29) is 17.7 Å². The van der Waals surface area contributed by atoms with Crippen LogP contribution in [-0.2, 0) is 9.59 Å². The molecule has 0 aromatic heterocycles. The number of carbonyl (C=O) groups is 2. The lowest BCUT2D eigenvalue weighted by atomic mass is 9.99. The fourth-order valence-electron chi connectivity index (χ4n) is 2.81. The van der Waals surface area contributed by atoms with Crippen molar-refractivity contribution in [2.45, 2.75) is 38.5 Å². The van der Waals surface area contributed by atoms with E-state index in [1.807, 2.05) is 4.90 Å². The van der Waals surface area contributed by atoms with E-state index in [1.165, 1.54) is 6.42 Å². The van der Waals surface area contributed by atoms with E-state index in [1.54, 1.807) is 0 Å². The highest BCUT2D eigenvalue weighted by Gasteiger charge is 2.21. The van der Waals surface area contributed by atoms with Gasteiger partial charge in [0.05, 0.1) is 5.92 Å². The van der Waals surface area contributed by atoms with Crippen LogP contribution in [0.3, 0.4) is 0 Å². The molecule has 2 heterocycles. The van der Waals surface area contributed by atoms with Crippen LogP contribution in [0.1, 0.15) is 38.5 Å². The fourth-order valence-corrected chi connectivity index (χ4v) is 2.81. The van der Waals surface area contributed by atoms with Crippen LogP contribution in [0.15, 0.2) is 0 Å². The van der Waals surface area contributed by atoms with E-state index in [0.29, 0.717) is 13.0 Å². The number of piperidine rings is 2. The number of nitrogens with zero attached hydrogens (tertiary/aromatic N) is 1. The number of carbonyl (C=O) groups excluding carboxylic acids is 2. The standard InChI is InChI=1S/C14H25N3O2/c18-13(17-9-2-1-3-10-17)6-8-16-14(19)12-5-4-7-15-11-12/h12,15H,1-11H2,(H,16,19)/t12-/m0/s1. The van der Waals surface area contributed by atoms with Crippen molar-refractivity contribution in [1.82, 2.24) is 15.5 Å². The summed E-state index contributed by atoms with van der Waals surface area (Å²) in [5.74, 6) is 0.360. The summed E-state index contributed by atoms with van der Waals surface area (Å²) in [6.45, 7) is 4.03. The Morgan fingerprint density at radius 3 is 2.63 bits per heavy atom. The summed E-state index contributed by atoms with van der Waals surface area (Å²) in [5.41, 5.74) is 0. The second-order valence-corrected chi connectivity index (χ2v) is 5.53. The lowest BCUT2D eigenvalue weighted by Crippen LogP contribution is -2.42. The van der Waals surface area contributed by atoms with Gasteiger partial charge in [0.15, 0.2) is 0 Å². The van der Waals surface area contributed by atoms with E-state index >= 15 is 0 Å². The highest BCUT2D eigenvalue weighted by Crippen LogP contribution is 2.11. The molecular formula is C14H25N3O2. The molecule has 5 heteroatoms. The second kappa shape index (κ2) is 7.48. The fraction of sp³-hybridized carbons (Fsp3) is 0.857. The summed E-state index contributed by atoms with van der Waals surface area (Å²) in [5, 5.41) is 6.13. The number of hydrogen-bond donors (Lipinski definition) is 2. The maximum absolute atomic E-state index is 11.9. The molecule has 2 aliphatic heterocycles. The molecule has 2 rings (SSSR count). The van der Waals surface area contributed by atoms with Gasteiger partial charge in [-0.25, -0.2) is 0 Å². The number of hydrogen-bond acceptors (Lipinski definition) is 3. The third-order valence-electron chi connectivity index (χ3n) is 4.01. The summed E-state index contributed by atoms with van der Waals surface area (Å²) in [7, 11) is 0. The Morgan fingerprint density at radius 1 is 1.16 bits per heavy atom. The smallest absolute Gasteiger partial charge is 0.224 e. The van der Waals surface area contributed by atoms with Crippen LogP contribution in [0.4, 0.5) is 0 Å². The zero-order valence-corrected chi connectivity index (χ0v) is 11.6. The first kappa shape index (κ1) is 14.3. The molecule has 0 unspecified atom stereocenters. The molecule has 0 spiro atoms. The number of nitrogens with one attached hydrogen (secondary N) is 2. The Balaban J connectivity index is 1.62. The molecule has 2 amide bonds. The predicted molar refractivity (Wildman–Crippen MR) is 73.7 cm³/mol. The minimum Gasteiger partial charge on any atom is -0.355 e. The van der Waals surface area contributed by atoms with Crippen molar-refractivity contribution in [1.29, 1.82) is 0 Å². The molecule has 5 nitrogen and oxygen atoms in total. The topological polar surface area (TPSA) is 61.4 Å². The van der Waals surface area contributed by atoms with Crippen molar-refractivity contribution in [3.63, 3.8) is 0 Å². The summed E-state index contributed by atoms with van der Waals surface area (Å²) in [6, 6.07) is 0. The van der Waals surface area contributed by atoms with Crippen LogP contribution in [0.2, 0.25) is 0 Å². The molecule has 2 N–H and O–H groups in total. The van der Waals surface area contributed by atoms with Gasteiger partial charge in [-0.15, -0.1) is 0 Å². The molecule has 0 saturated carbocycles. The first-order valence-corrected chi connectivity index (χ1v) is 7.53. The first-order chi connectivity index (χ1) is 9.27. The average molecular weight is 267 g/mol. The summed E-state index contributed by atoms with van der Waals surface area (Å²) < 4.78 is 0. The van der Waals surface area contributed by atoms with E-state index in [0.717, 1.165) is 51.9 Å². The highest BCUT2D eigenvalue weighted by atomic mass is 16.2. The van der Waals surface area contributed by atoms with Gasteiger partial charge in [-0.1, -0.05) is 0 Å². The van der Waals surface area contributed by atoms with Crippen molar-refractivity contribution in [2.75, 3.05) is 32.7 Å². The van der Waals surface area contributed by atoms with E-state index in [2.05, 4.69) is 10.6 Å². The van der Waals surface area contributed by atoms with Crippen LogP contribution in [0.25, 0.3) is 0 Å². The molecule has 2 fully saturated rings. The van der Waals surface area contributed by atoms with Crippen LogP contribution in [0, 0.1) is 5.92 Å². The van der Waals surface area contributed by atoms with E-state index < -0.39 is 0 Å². The SMILES string of the molecule is O=C(NCCC(=O)N1CCCCC1)[C@H]1CCCNC1. The molecule has 0 radical (unpaired) electrons. The van der Waals surface area contributed by atoms with Gasteiger partial charge in [0.2, 0.25) is 11.8 Å². The van der Waals surface area contributed by atoms with Crippen LogP contribution >= 0.6 is 0 Å². The largest absolute Gasteiger partial charge is 0.355 e. The minimum absolute atomic E-state index is 0.0823. The maximum atomic E-state index is 11.9. The molecule has 0 aliphatic carbocycles. The molecule has 2 aliphatic rings. The first-order valence-electron chi connectivity index (χ1n) is 7.53. The zero-order chi connectivity index (χ0) is 13.5. The Kier molecular flexibility index (Phi) is 5.63. The molecule has 0 aromatic rings. The monoisotopic (exact) mass is 267 g/mol. The van der Waals surface area contributed by atoms with Gasteiger partial charge in [0.1, 0.15) is 0 Å². The van der Waals surface area contributed by atoms with Crippen LogP contribution < -0.4 is 10.6 Å². The van der Waals surface area contributed by atoms with E-state index in [4.69, 9.17) is 0 Å². The zero-order valence-electron chi connectivity index (χ0n) is 11.6. The van der Waals surface area contributed by atoms with Crippen LogP contribution in [0.5, 0.6) is 0 Å². The van der Waals surface area contributed by atoms with Gasteiger partial charge >= 0.3 is 0 Å². The normalized spacial score (nSPS) is 24.0. The van der Waals surface area contributed by atoms with Gasteiger partial charge in [-0.3, -0.25) is 9.59 Å². The third-order valence-corrected chi connectivity index (χ3v) is 4.01. The Labute approximate surface area is 115 Å². The van der Waals surface area contributed by atoms with Gasteiger partial charge in [0, 0.05) is 32.6 Å². The van der Waals surface area contributed by atoms with Crippen LogP contribution in [-0.4, -0.2) is 49.4 Å². The molecule has 2 saturated heterocycles. The summed E-state index contributed by atoms with van der Waals surface area (Å²) >= 11 is 0. The molecule has 108 valence electrons. The number of amides is 2. The molecular weight excluding hydrogens is 242 g/mol. The third kappa shape index (κ3) is 4.49. The van der Waals surface area contributed by atoms with Gasteiger partial charge < -0.3 is 15.5 Å². The van der Waals surface area contributed by atoms with Crippen molar-refractivity contribution in [3.8, 4) is 0 Å². The Hall–Kier alpha value is -1.10. The molecule has 0 aromatic carbocycles. The van der Waals surface area contributed by atoms with Crippen molar-refractivity contribution >= 4 is 11.8 Å². The van der Waals surface area contributed by atoms with Crippen molar-refractivity contribution in [2.24, 2.45) is 5.92 Å². The van der Waals surface area contributed by atoms with Crippen molar-refractivity contribution < 1.29 is 9.59 Å². The summed E-state index contributed by atoms with van der Waals surface area (Å²) in [6.07, 6.45) is 5.92. The molecule has 19 heavy (non-hydrogen) atoms. The van der Waals surface area contributed by atoms with Gasteiger partial charge in [-0.2, -0.15) is 0 Å². The number of likely N-dealkylation sites (tertiary alicyclic amines) is 1. The molecule has 0 bridgehead atoms.